The molecule has 0 spiro atoms. The summed E-state index contributed by atoms with van der Waals surface area (Å²) in [7, 11) is 0. The molecule has 9 heteroatoms. The van der Waals surface area contributed by atoms with Crippen LogP contribution in [0.15, 0.2) is 29.3 Å². The van der Waals surface area contributed by atoms with Crippen molar-refractivity contribution in [2.75, 3.05) is 18.0 Å². The summed E-state index contributed by atoms with van der Waals surface area (Å²) in [5.41, 5.74) is -0.705. The lowest BCUT2D eigenvalue weighted by molar-refractivity contribution is -0.386. The SMILES string of the molecule is CC(C)CC(O)CN1CCCn2c1nc(-c1ccncc1)c([N+](=O)[O-])c2=O. The van der Waals surface area contributed by atoms with E-state index in [0.717, 1.165) is 0 Å². The molecule has 0 saturated heterocycles. The van der Waals surface area contributed by atoms with Gasteiger partial charge in [0, 0.05) is 37.6 Å². The zero-order chi connectivity index (χ0) is 19.6. The molecule has 0 saturated carbocycles. The number of rotatable bonds is 6. The summed E-state index contributed by atoms with van der Waals surface area (Å²) in [4.78, 5) is 34.0. The van der Waals surface area contributed by atoms with Crippen LogP contribution in [-0.2, 0) is 6.54 Å². The summed E-state index contributed by atoms with van der Waals surface area (Å²) in [6, 6.07) is 3.18. The summed E-state index contributed by atoms with van der Waals surface area (Å²) >= 11 is 0. The number of aliphatic hydroxyl groups excluding tert-OH is 1. The van der Waals surface area contributed by atoms with Crippen LogP contribution in [0.2, 0.25) is 0 Å². The molecule has 1 aliphatic rings. The van der Waals surface area contributed by atoms with Crippen LogP contribution in [0.3, 0.4) is 0 Å². The third-order valence-electron chi connectivity index (χ3n) is 4.53. The first-order chi connectivity index (χ1) is 12.9. The molecular formula is C18H23N5O4. The second-order valence-corrected chi connectivity index (χ2v) is 7.14. The fourth-order valence-corrected chi connectivity index (χ4v) is 3.42. The average Bonchev–Trinajstić information content (AvgIpc) is 2.61. The Morgan fingerprint density at radius 2 is 2.00 bits per heavy atom. The van der Waals surface area contributed by atoms with Gasteiger partial charge in [0.15, 0.2) is 5.69 Å². The van der Waals surface area contributed by atoms with Gasteiger partial charge in [-0.05, 0) is 30.9 Å². The number of anilines is 1. The van der Waals surface area contributed by atoms with Crippen molar-refractivity contribution in [1.29, 1.82) is 0 Å². The molecule has 3 rings (SSSR count). The standard InChI is InChI=1S/C18H23N5O4/c1-12(2)10-14(24)11-21-8-3-9-22-17(25)16(23(26)27)15(20-18(21)22)13-4-6-19-7-5-13/h4-7,12,14,24H,3,8-11H2,1-2H3. The zero-order valence-electron chi connectivity index (χ0n) is 15.4. The van der Waals surface area contributed by atoms with E-state index in [1.165, 1.54) is 17.0 Å². The molecule has 0 radical (unpaired) electrons. The second kappa shape index (κ2) is 7.83. The van der Waals surface area contributed by atoms with Gasteiger partial charge in [-0.15, -0.1) is 0 Å². The Bertz CT molecular complexity index is 881. The van der Waals surface area contributed by atoms with Gasteiger partial charge in [0.2, 0.25) is 5.95 Å². The maximum atomic E-state index is 12.8. The minimum atomic E-state index is -0.676. The summed E-state index contributed by atoms with van der Waals surface area (Å²) in [5.74, 6) is 0.704. The zero-order valence-corrected chi connectivity index (χ0v) is 15.4. The number of fused-ring (bicyclic) bond motifs is 1. The molecular weight excluding hydrogens is 350 g/mol. The number of pyridine rings is 1. The van der Waals surface area contributed by atoms with Crippen LogP contribution in [-0.4, -0.2) is 43.8 Å². The predicted octanol–water partition coefficient (Wildman–Crippen LogP) is 1.83. The molecule has 0 aromatic carbocycles. The topological polar surface area (TPSA) is 114 Å². The summed E-state index contributed by atoms with van der Waals surface area (Å²) in [6.45, 7) is 5.39. The molecule has 9 nitrogen and oxygen atoms in total. The van der Waals surface area contributed by atoms with Gasteiger partial charge < -0.3 is 10.0 Å². The fourth-order valence-electron chi connectivity index (χ4n) is 3.42. The summed E-state index contributed by atoms with van der Waals surface area (Å²) < 4.78 is 1.34. The highest BCUT2D eigenvalue weighted by molar-refractivity contribution is 5.70. The third-order valence-corrected chi connectivity index (χ3v) is 4.53. The van der Waals surface area contributed by atoms with Gasteiger partial charge in [-0.25, -0.2) is 4.98 Å². The van der Waals surface area contributed by atoms with E-state index < -0.39 is 22.3 Å². The average molecular weight is 373 g/mol. The van der Waals surface area contributed by atoms with Crippen molar-refractivity contribution in [3.05, 3.63) is 45.0 Å². The van der Waals surface area contributed by atoms with Crippen LogP contribution in [0, 0.1) is 16.0 Å². The lowest BCUT2D eigenvalue weighted by Crippen LogP contribution is -2.43. The normalized spacial score (nSPS) is 14.9. The minimum Gasteiger partial charge on any atom is -0.391 e. The highest BCUT2D eigenvalue weighted by Gasteiger charge is 2.31. The Morgan fingerprint density at radius 1 is 1.30 bits per heavy atom. The molecule has 1 unspecified atom stereocenters. The van der Waals surface area contributed by atoms with E-state index in [1.54, 1.807) is 12.1 Å². The Hall–Kier alpha value is -2.81. The Labute approximate surface area is 156 Å². The molecule has 0 aliphatic carbocycles. The number of aromatic nitrogens is 3. The van der Waals surface area contributed by atoms with E-state index in [-0.39, 0.29) is 5.69 Å². The van der Waals surface area contributed by atoms with Gasteiger partial charge in [-0.3, -0.25) is 24.5 Å². The molecule has 2 aromatic rings. The summed E-state index contributed by atoms with van der Waals surface area (Å²) in [5, 5.41) is 21.9. The molecule has 0 fully saturated rings. The molecule has 0 bridgehead atoms. The largest absolute Gasteiger partial charge is 0.391 e. The monoisotopic (exact) mass is 373 g/mol. The molecule has 144 valence electrons. The van der Waals surface area contributed by atoms with Crippen molar-refractivity contribution in [1.82, 2.24) is 14.5 Å². The van der Waals surface area contributed by atoms with Crippen molar-refractivity contribution in [2.45, 2.75) is 39.3 Å². The van der Waals surface area contributed by atoms with E-state index >= 15 is 0 Å². The van der Waals surface area contributed by atoms with E-state index in [0.29, 0.717) is 49.9 Å². The van der Waals surface area contributed by atoms with E-state index in [2.05, 4.69) is 9.97 Å². The number of nitrogens with zero attached hydrogens (tertiary/aromatic N) is 5. The van der Waals surface area contributed by atoms with Crippen molar-refractivity contribution in [3.8, 4) is 11.3 Å². The molecule has 1 atom stereocenters. The molecule has 27 heavy (non-hydrogen) atoms. The van der Waals surface area contributed by atoms with Gasteiger partial charge >= 0.3 is 11.2 Å². The van der Waals surface area contributed by atoms with Crippen molar-refractivity contribution >= 4 is 11.6 Å². The van der Waals surface area contributed by atoms with E-state index in [9.17, 15) is 20.0 Å². The highest BCUT2D eigenvalue weighted by atomic mass is 16.6. The smallest absolute Gasteiger partial charge is 0.360 e. The highest BCUT2D eigenvalue weighted by Crippen LogP contribution is 2.29. The molecule has 3 heterocycles. The van der Waals surface area contributed by atoms with Gasteiger partial charge in [-0.2, -0.15) is 0 Å². The van der Waals surface area contributed by atoms with Crippen LogP contribution < -0.4 is 10.5 Å². The first-order valence-corrected chi connectivity index (χ1v) is 9.01. The quantitative estimate of drug-likeness (QED) is 0.607. The van der Waals surface area contributed by atoms with E-state index in [1.807, 2.05) is 18.7 Å². The number of β-amino-alcohol motifs (C(OH)–C–C–N with tert-alkyl or cyclic N) is 1. The molecule has 0 amide bonds. The molecule has 2 aromatic heterocycles. The van der Waals surface area contributed by atoms with Crippen LogP contribution in [0.4, 0.5) is 11.6 Å². The fraction of sp³-hybridized carbons (Fsp3) is 0.500. The van der Waals surface area contributed by atoms with Gasteiger partial charge in [-0.1, -0.05) is 13.8 Å². The van der Waals surface area contributed by atoms with Crippen LogP contribution in [0.1, 0.15) is 26.7 Å². The third kappa shape index (κ3) is 3.97. The molecule has 1 aliphatic heterocycles. The van der Waals surface area contributed by atoms with Gasteiger partial charge in [0.25, 0.3) is 0 Å². The maximum Gasteiger partial charge on any atom is 0.360 e. The van der Waals surface area contributed by atoms with Crippen molar-refractivity contribution < 1.29 is 10.0 Å². The first-order valence-electron chi connectivity index (χ1n) is 9.01. The summed E-state index contributed by atoms with van der Waals surface area (Å²) in [6.07, 6.45) is 3.73. The van der Waals surface area contributed by atoms with Gasteiger partial charge in [0.1, 0.15) is 0 Å². The number of aliphatic hydroxyl groups is 1. The van der Waals surface area contributed by atoms with Crippen LogP contribution in [0.25, 0.3) is 11.3 Å². The maximum absolute atomic E-state index is 12.8. The lowest BCUT2D eigenvalue weighted by Gasteiger charge is -2.32. The van der Waals surface area contributed by atoms with Gasteiger partial charge in [0.05, 0.1) is 11.0 Å². The van der Waals surface area contributed by atoms with Crippen LogP contribution in [0.5, 0.6) is 0 Å². The second-order valence-electron chi connectivity index (χ2n) is 7.14. The Morgan fingerprint density at radius 3 is 2.63 bits per heavy atom. The number of hydrogen-bond donors (Lipinski definition) is 1. The molecule has 1 N–H and O–H groups in total. The lowest BCUT2D eigenvalue weighted by atomic mass is 10.1. The van der Waals surface area contributed by atoms with Crippen LogP contribution >= 0.6 is 0 Å². The minimum absolute atomic E-state index is 0.0314. The first kappa shape index (κ1) is 19.0. The van der Waals surface area contributed by atoms with Crippen molar-refractivity contribution in [2.24, 2.45) is 5.92 Å². The number of hydrogen-bond acceptors (Lipinski definition) is 7. The number of nitro groups is 1. The Balaban J connectivity index is 2.09. The Kier molecular flexibility index (Phi) is 5.50. The van der Waals surface area contributed by atoms with Crippen molar-refractivity contribution in [3.63, 3.8) is 0 Å². The van der Waals surface area contributed by atoms with E-state index in [4.69, 9.17) is 0 Å². The predicted molar refractivity (Wildman–Crippen MR) is 101 cm³/mol.